The van der Waals surface area contributed by atoms with Crippen molar-refractivity contribution in [1.29, 1.82) is 0 Å². The summed E-state index contributed by atoms with van der Waals surface area (Å²) in [6.45, 7) is 4.40. The number of hydrogen-bond donors (Lipinski definition) is 0. The molecule has 0 amide bonds. The highest BCUT2D eigenvalue weighted by atomic mass is 16.5. The number of carbonyl (C=O) groups excluding carboxylic acids is 2. The fourth-order valence-electron chi connectivity index (χ4n) is 5.43. The molecule has 2 aromatic carbocycles. The summed E-state index contributed by atoms with van der Waals surface area (Å²) in [5.41, 5.74) is 5.11. The third kappa shape index (κ3) is 5.66. The van der Waals surface area contributed by atoms with Crippen molar-refractivity contribution in [3.63, 3.8) is 0 Å². The van der Waals surface area contributed by atoms with Crippen LogP contribution in [0.5, 0.6) is 0 Å². The van der Waals surface area contributed by atoms with Gasteiger partial charge in [-0.25, -0.2) is 4.79 Å². The molecule has 2 aliphatic rings. The third-order valence-corrected chi connectivity index (χ3v) is 7.02. The zero-order valence-corrected chi connectivity index (χ0v) is 21.3. The zero-order valence-electron chi connectivity index (χ0n) is 21.3. The average Bonchev–Trinajstić information content (AvgIpc) is 2.86. The fourth-order valence-corrected chi connectivity index (χ4v) is 5.43. The van der Waals surface area contributed by atoms with Crippen LogP contribution in [-0.4, -0.2) is 37.8 Å². The molecule has 4 rings (SSSR count). The van der Waals surface area contributed by atoms with Gasteiger partial charge in [0.15, 0.2) is 0 Å². The summed E-state index contributed by atoms with van der Waals surface area (Å²) in [7, 11) is 1.36. The molecule has 2 aromatic rings. The Morgan fingerprint density at radius 1 is 1.08 bits per heavy atom. The Balaban J connectivity index is 1.63. The lowest BCUT2D eigenvalue weighted by Crippen LogP contribution is -2.45. The average molecular weight is 484 g/mol. The molecule has 1 heterocycles. The first-order chi connectivity index (χ1) is 17.3. The van der Waals surface area contributed by atoms with E-state index in [1.54, 1.807) is 0 Å². The molecule has 5 nitrogen and oxygen atoms in total. The first-order valence-corrected chi connectivity index (χ1v) is 12.4. The minimum absolute atomic E-state index is 0.113. The number of hydrogen-bond acceptors (Lipinski definition) is 5. The number of benzene rings is 2. The van der Waals surface area contributed by atoms with Crippen molar-refractivity contribution in [2.24, 2.45) is 22.2 Å². The molecule has 2 unspecified atom stereocenters. The SMILES string of the molecule is C#CCOCC1=C(C(=O)OC)C(CCc2ccc(-c3ccccc3)cc2)C2C(=O)CC(C)(C)CC2=N1. The molecule has 1 aliphatic carbocycles. The molecule has 2 atom stereocenters. The standard InChI is InChI=1S/C31H33NO4/c1-5-17-36-20-26-29(30(34)35-4)24(28-25(32-26)18-31(2,3)19-27(28)33)16-13-21-11-14-23(15-12-21)22-9-7-6-8-10-22/h1,6-12,14-15,24,28H,13,16-20H2,2-4H3. The van der Waals surface area contributed by atoms with Crippen LogP contribution in [-0.2, 0) is 25.5 Å². The van der Waals surface area contributed by atoms with Gasteiger partial charge in [0.1, 0.15) is 12.4 Å². The minimum atomic E-state index is -0.459. The number of ether oxygens (including phenoxy) is 2. The number of esters is 1. The summed E-state index contributed by atoms with van der Waals surface area (Å²) < 4.78 is 10.7. The van der Waals surface area contributed by atoms with E-state index < -0.39 is 11.9 Å². The lowest BCUT2D eigenvalue weighted by molar-refractivity contribution is -0.137. The van der Waals surface area contributed by atoms with E-state index in [4.69, 9.17) is 20.9 Å². The summed E-state index contributed by atoms with van der Waals surface area (Å²) in [4.78, 5) is 31.2. The maximum Gasteiger partial charge on any atom is 0.335 e. The highest BCUT2D eigenvalue weighted by Crippen LogP contribution is 2.44. The van der Waals surface area contributed by atoms with Gasteiger partial charge in [0.25, 0.3) is 0 Å². The molecule has 1 saturated carbocycles. The van der Waals surface area contributed by atoms with Crippen LogP contribution in [0.2, 0.25) is 0 Å². The zero-order chi connectivity index (χ0) is 25.7. The number of Topliss-reactive ketones (excluding diaryl/α,β-unsaturated/α-hetero) is 1. The van der Waals surface area contributed by atoms with Crippen LogP contribution in [0.3, 0.4) is 0 Å². The van der Waals surface area contributed by atoms with E-state index in [-0.39, 0.29) is 30.3 Å². The highest BCUT2D eigenvalue weighted by Gasteiger charge is 2.47. The van der Waals surface area contributed by atoms with E-state index in [2.05, 4.69) is 56.2 Å². The molecular formula is C31H33NO4. The van der Waals surface area contributed by atoms with Crippen molar-refractivity contribution >= 4 is 17.5 Å². The van der Waals surface area contributed by atoms with E-state index in [0.717, 1.165) is 23.3 Å². The maximum atomic E-state index is 13.4. The number of nitrogens with zero attached hydrogens (tertiary/aromatic N) is 1. The molecule has 36 heavy (non-hydrogen) atoms. The summed E-state index contributed by atoms with van der Waals surface area (Å²) in [6.07, 6.45) is 7.87. The number of rotatable bonds is 8. The number of methoxy groups -OCH3 is 1. The first-order valence-electron chi connectivity index (χ1n) is 12.4. The molecule has 186 valence electrons. The number of ketones is 1. The predicted molar refractivity (Wildman–Crippen MR) is 141 cm³/mol. The second-order valence-corrected chi connectivity index (χ2v) is 10.3. The van der Waals surface area contributed by atoms with Crippen LogP contribution in [0.25, 0.3) is 11.1 Å². The number of fused-ring (bicyclic) bond motifs is 1. The van der Waals surface area contributed by atoms with Crippen LogP contribution in [0, 0.1) is 29.6 Å². The van der Waals surface area contributed by atoms with Crippen LogP contribution in [0.4, 0.5) is 0 Å². The van der Waals surface area contributed by atoms with Crippen molar-refractivity contribution < 1.29 is 19.1 Å². The van der Waals surface area contributed by atoms with Gasteiger partial charge < -0.3 is 9.47 Å². The smallest absolute Gasteiger partial charge is 0.335 e. The summed E-state index contributed by atoms with van der Waals surface area (Å²) >= 11 is 0. The Morgan fingerprint density at radius 3 is 2.44 bits per heavy atom. The van der Waals surface area contributed by atoms with Gasteiger partial charge in [-0.15, -0.1) is 6.42 Å². The maximum absolute atomic E-state index is 13.4. The van der Waals surface area contributed by atoms with Crippen LogP contribution in [0.1, 0.15) is 38.7 Å². The van der Waals surface area contributed by atoms with Gasteiger partial charge in [0.2, 0.25) is 0 Å². The van der Waals surface area contributed by atoms with Crippen molar-refractivity contribution in [2.75, 3.05) is 20.3 Å². The van der Waals surface area contributed by atoms with E-state index in [0.29, 0.717) is 30.5 Å². The Hall–Kier alpha value is -3.49. The molecule has 1 fully saturated rings. The number of aliphatic imine (C=N–C) groups is 1. The first kappa shape index (κ1) is 25.6. The van der Waals surface area contributed by atoms with Crippen molar-refractivity contribution in [1.82, 2.24) is 0 Å². The van der Waals surface area contributed by atoms with Gasteiger partial charge in [-0.05, 0) is 41.4 Å². The van der Waals surface area contributed by atoms with Crippen LogP contribution in [0.15, 0.2) is 70.9 Å². The van der Waals surface area contributed by atoms with Gasteiger partial charge >= 0.3 is 5.97 Å². The molecule has 0 aromatic heterocycles. The molecule has 5 heteroatoms. The Labute approximate surface area is 213 Å². The van der Waals surface area contributed by atoms with Crippen LogP contribution < -0.4 is 0 Å². The lowest BCUT2D eigenvalue weighted by atomic mass is 9.64. The minimum Gasteiger partial charge on any atom is -0.466 e. The van der Waals surface area contributed by atoms with Crippen molar-refractivity contribution in [3.8, 4) is 23.5 Å². The molecule has 0 N–H and O–H groups in total. The second-order valence-electron chi connectivity index (χ2n) is 10.3. The second kappa shape index (κ2) is 11.1. The van der Waals surface area contributed by atoms with Crippen LogP contribution >= 0.6 is 0 Å². The number of terminal acetylenes is 1. The third-order valence-electron chi connectivity index (χ3n) is 7.02. The predicted octanol–water partition coefficient (Wildman–Crippen LogP) is 5.44. The van der Waals surface area contributed by atoms with Gasteiger partial charge in [0.05, 0.1) is 30.9 Å². The largest absolute Gasteiger partial charge is 0.466 e. The quantitative estimate of drug-likeness (QED) is 0.285. The lowest BCUT2D eigenvalue weighted by Gasteiger charge is -2.41. The van der Waals surface area contributed by atoms with Gasteiger partial charge in [-0.2, -0.15) is 0 Å². The molecule has 0 bridgehead atoms. The Bertz CT molecular complexity index is 1220. The Morgan fingerprint density at radius 2 is 1.78 bits per heavy atom. The van der Waals surface area contributed by atoms with E-state index in [9.17, 15) is 9.59 Å². The highest BCUT2D eigenvalue weighted by molar-refractivity contribution is 6.11. The number of carbonyl (C=O) groups is 2. The number of aryl methyl sites for hydroxylation is 1. The summed E-state index contributed by atoms with van der Waals surface area (Å²) in [6, 6.07) is 18.7. The normalized spacial score (nSPS) is 20.8. The molecular weight excluding hydrogens is 450 g/mol. The monoisotopic (exact) mass is 483 g/mol. The summed E-state index contributed by atoms with van der Waals surface area (Å²) in [5, 5.41) is 0. The van der Waals surface area contributed by atoms with E-state index in [1.165, 1.54) is 12.7 Å². The fraction of sp³-hybridized carbons (Fsp3) is 0.387. The summed E-state index contributed by atoms with van der Waals surface area (Å²) in [5.74, 6) is 1.41. The van der Waals surface area contributed by atoms with E-state index >= 15 is 0 Å². The molecule has 1 aliphatic heterocycles. The molecule has 0 radical (unpaired) electrons. The Kier molecular flexibility index (Phi) is 7.86. The topological polar surface area (TPSA) is 65.0 Å². The van der Waals surface area contributed by atoms with E-state index in [1.807, 2.05) is 18.2 Å². The molecule has 0 saturated heterocycles. The van der Waals surface area contributed by atoms with Gasteiger partial charge in [-0.3, -0.25) is 9.79 Å². The van der Waals surface area contributed by atoms with Gasteiger partial charge in [0, 0.05) is 18.1 Å². The van der Waals surface area contributed by atoms with Crippen molar-refractivity contribution in [2.45, 2.75) is 39.5 Å². The molecule has 0 spiro atoms. The van der Waals surface area contributed by atoms with Crippen molar-refractivity contribution in [3.05, 3.63) is 71.4 Å². The van der Waals surface area contributed by atoms with Gasteiger partial charge in [-0.1, -0.05) is 74.4 Å².